The summed E-state index contributed by atoms with van der Waals surface area (Å²) in [5, 5.41) is 54.5. The average molecular weight is 918 g/mol. The molecule has 0 aromatic heterocycles. The fraction of sp³-hybridized carbons (Fsp3) is 0.839. The molecule has 1 rings (SSSR count). The van der Waals surface area contributed by atoms with Crippen molar-refractivity contribution in [2.24, 2.45) is 0 Å². The van der Waals surface area contributed by atoms with Crippen molar-refractivity contribution in [1.82, 2.24) is 5.32 Å². The molecule has 0 radical (unpaired) electrons. The average Bonchev–Trinajstić information content (AvgIpc) is 3.31. The van der Waals surface area contributed by atoms with Gasteiger partial charge in [0.15, 0.2) is 6.29 Å². The second-order valence-corrected chi connectivity index (χ2v) is 19.0. The maximum atomic E-state index is 13.0. The Hall–Kier alpha value is -1.85. The molecule has 9 heteroatoms. The highest BCUT2D eigenvalue weighted by molar-refractivity contribution is 5.76. The third-order valence-corrected chi connectivity index (χ3v) is 12.9. The topological polar surface area (TPSA) is 149 Å². The minimum absolute atomic E-state index is 0.156. The van der Waals surface area contributed by atoms with Crippen LogP contribution in [0, 0.1) is 0 Å². The van der Waals surface area contributed by atoms with E-state index in [1.807, 2.05) is 0 Å². The summed E-state index contributed by atoms with van der Waals surface area (Å²) in [6.45, 7) is 3.71. The van der Waals surface area contributed by atoms with Crippen LogP contribution in [0.2, 0.25) is 0 Å². The Morgan fingerprint density at radius 2 is 0.954 bits per heavy atom. The van der Waals surface area contributed by atoms with Crippen molar-refractivity contribution < 1.29 is 39.8 Å². The van der Waals surface area contributed by atoms with Crippen LogP contribution in [0.25, 0.3) is 0 Å². The van der Waals surface area contributed by atoms with Crippen molar-refractivity contribution in [3.05, 3.63) is 48.6 Å². The van der Waals surface area contributed by atoms with E-state index in [0.29, 0.717) is 19.3 Å². The minimum atomic E-state index is -1.56. The number of aliphatic hydroxyl groups is 5. The fourth-order valence-corrected chi connectivity index (χ4v) is 8.62. The van der Waals surface area contributed by atoms with Crippen LogP contribution in [0.15, 0.2) is 48.6 Å². The Balaban J connectivity index is 2.21. The molecule has 0 aromatic carbocycles. The lowest BCUT2D eigenvalue weighted by Gasteiger charge is -2.40. The fourth-order valence-electron chi connectivity index (χ4n) is 8.62. The summed E-state index contributed by atoms with van der Waals surface area (Å²) in [4.78, 5) is 13.0. The number of aliphatic hydroxyl groups excluding tert-OH is 5. The highest BCUT2D eigenvalue weighted by Crippen LogP contribution is 2.23. The van der Waals surface area contributed by atoms with Crippen molar-refractivity contribution in [3.8, 4) is 0 Å². The van der Waals surface area contributed by atoms with E-state index in [0.717, 1.165) is 57.8 Å². The van der Waals surface area contributed by atoms with E-state index in [-0.39, 0.29) is 12.5 Å². The first-order chi connectivity index (χ1) is 31.8. The summed E-state index contributed by atoms with van der Waals surface area (Å²) in [6.07, 6.45) is 52.9. The van der Waals surface area contributed by atoms with E-state index in [1.165, 1.54) is 154 Å². The molecule has 1 saturated heterocycles. The number of carbonyl (C=O) groups is 1. The van der Waals surface area contributed by atoms with Gasteiger partial charge < -0.3 is 40.3 Å². The van der Waals surface area contributed by atoms with Crippen molar-refractivity contribution in [2.75, 3.05) is 13.2 Å². The lowest BCUT2D eigenvalue weighted by molar-refractivity contribution is -0.302. The molecule has 0 spiro atoms. The predicted molar refractivity (Wildman–Crippen MR) is 272 cm³/mol. The second kappa shape index (κ2) is 45.9. The van der Waals surface area contributed by atoms with Gasteiger partial charge in [-0.2, -0.15) is 0 Å². The molecule has 7 atom stereocenters. The smallest absolute Gasteiger partial charge is 0.220 e. The van der Waals surface area contributed by atoms with Crippen LogP contribution in [0.5, 0.6) is 0 Å². The Bertz CT molecular complexity index is 1160. The molecule has 0 saturated carbocycles. The Kier molecular flexibility index (Phi) is 43.2. The molecular formula is C56H103NO8. The van der Waals surface area contributed by atoms with E-state index in [1.54, 1.807) is 0 Å². The first-order valence-electron chi connectivity index (χ1n) is 27.3. The highest BCUT2D eigenvalue weighted by atomic mass is 16.7. The molecule has 1 fully saturated rings. The van der Waals surface area contributed by atoms with Gasteiger partial charge in [0.25, 0.3) is 0 Å². The second-order valence-electron chi connectivity index (χ2n) is 19.0. The SMILES string of the molecule is CC/C=C\C/C=C\C/C=C\C/C=C\CCCCC(=O)NC(COC1OC(CO)C(O)C(O)C1O)C(O)CCCCCCCCCCCCCCCCCCCCCCCCCCCCC. The lowest BCUT2D eigenvalue weighted by Crippen LogP contribution is -2.60. The summed E-state index contributed by atoms with van der Waals surface area (Å²) in [7, 11) is 0. The van der Waals surface area contributed by atoms with Gasteiger partial charge in [-0.05, 0) is 51.4 Å². The number of carbonyl (C=O) groups excluding carboxylic acids is 1. The van der Waals surface area contributed by atoms with Gasteiger partial charge >= 0.3 is 0 Å². The molecule has 7 unspecified atom stereocenters. The van der Waals surface area contributed by atoms with Crippen LogP contribution in [0.4, 0.5) is 0 Å². The molecule has 6 N–H and O–H groups in total. The number of hydrogen-bond acceptors (Lipinski definition) is 8. The highest BCUT2D eigenvalue weighted by Gasteiger charge is 2.44. The Morgan fingerprint density at radius 3 is 1.38 bits per heavy atom. The number of ether oxygens (including phenoxy) is 2. The standard InChI is InChI=1S/C56H103NO8/c1-3-5-7-9-11-13-15-17-19-20-21-22-23-24-25-26-27-28-29-30-32-33-35-37-39-41-43-45-50(59)49(48-64-56-55(63)54(62)53(61)51(47-58)65-56)57-52(60)46-44-42-40-38-36-34-31-18-16-14-12-10-8-6-4-2/h6,8,12,14,18,31,36,38,49-51,53-56,58-59,61-63H,3-5,7,9-11,13,15-17,19-30,32-35,37,39-48H2,1-2H3,(H,57,60)/b8-6-,14-12-,31-18-,38-36-. The van der Waals surface area contributed by atoms with Crippen LogP contribution in [-0.4, -0.2) is 87.5 Å². The molecule has 65 heavy (non-hydrogen) atoms. The molecular weight excluding hydrogens is 815 g/mol. The summed E-state index contributed by atoms with van der Waals surface area (Å²) < 4.78 is 11.3. The predicted octanol–water partition coefficient (Wildman–Crippen LogP) is 13.0. The van der Waals surface area contributed by atoms with E-state index < -0.39 is 49.5 Å². The molecule has 0 aliphatic carbocycles. The van der Waals surface area contributed by atoms with Gasteiger partial charge in [0.05, 0.1) is 25.4 Å². The normalized spacial score (nSPS) is 20.3. The van der Waals surface area contributed by atoms with Crippen LogP contribution in [0.3, 0.4) is 0 Å². The van der Waals surface area contributed by atoms with E-state index >= 15 is 0 Å². The zero-order valence-corrected chi connectivity index (χ0v) is 42.0. The first-order valence-corrected chi connectivity index (χ1v) is 27.3. The van der Waals surface area contributed by atoms with Crippen molar-refractivity contribution >= 4 is 5.91 Å². The molecule has 380 valence electrons. The van der Waals surface area contributed by atoms with E-state index in [9.17, 15) is 30.3 Å². The number of nitrogens with one attached hydrogen (secondary N) is 1. The van der Waals surface area contributed by atoms with E-state index in [4.69, 9.17) is 9.47 Å². The summed E-state index contributed by atoms with van der Waals surface area (Å²) in [5.41, 5.74) is 0. The summed E-state index contributed by atoms with van der Waals surface area (Å²) in [6, 6.07) is -0.742. The van der Waals surface area contributed by atoms with E-state index in [2.05, 4.69) is 67.8 Å². The number of amides is 1. The van der Waals surface area contributed by atoms with Gasteiger partial charge in [0.2, 0.25) is 5.91 Å². The van der Waals surface area contributed by atoms with Gasteiger partial charge in [-0.1, -0.05) is 236 Å². The molecule has 0 aromatic rings. The lowest BCUT2D eigenvalue weighted by atomic mass is 9.99. The van der Waals surface area contributed by atoms with Crippen LogP contribution < -0.4 is 5.32 Å². The first kappa shape index (κ1) is 61.2. The molecule has 1 aliphatic rings. The number of hydrogen-bond donors (Lipinski definition) is 6. The minimum Gasteiger partial charge on any atom is -0.394 e. The maximum Gasteiger partial charge on any atom is 0.220 e. The van der Waals surface area contributed by atoms with Gasteiger partial charge in [0, 0.05) is 6.42 Å². The molecule has 1 amide bonds. The number of unbranched alkanes of at least 4 members (excludes halogenated alkanes) is 28. The van der Waals surface area contributed by atoms with Crippen molar-refractivity contribution in [2.45, 2.75) is 288 Å². The quantitative estimate of drug-likeness (QED) is 0.0261. The third kappa shape index (κ3) is 35.9. The van der Waals surface area contributed by atoms with Gasteiger partial charge in [0.1, 0.15) is 24.4 Å². The largest absolute Gasteiger partial charge is 0.394 e. The van der Waals surface area contributed by atoms with Crippen LogP contribution >= 0.6 is 0 Å². The number of rotatable bonds is 46. The summed E-state index contributed by atoms with van der Waals surface area (Å²) >= 11 is 0. The van der Waals surface area contributed by atoms with Crippen molar-refractivity contribution in [3.63, 3.8) is 0 Å². The van der Waals surface area contributed by atoms with Crippen LogP contribution in [0.1, 0.15) is 245 Å². The van der Waals surface area contributed by atoms with Gasteiger partial charge in [-0.15, -0.1) is 0 Å². The molecule has 0 bridgehead atoms. The van der Waals surface area contributed by atoms with Gasteiger partial charge in [-0.25, -0.2) is 0 Å². The summed E-state index contributed by atoms with van der Waals surface area (Å²) in [5.74, 6) is -0.183. The van der Waals surface area contributed by atoms with Crippen molar-refractivity contribution in [1.29, 1.82) is 0 Å². The zero-order valence-electron chi connectivity index (χ0n) is 42.0. The van der Waals surface area contributed by atoms with Crippen LogP contribution in [-0.2, 0) is 14.3 Å². The third-order valence-electron chi connectivity index (χ3n) is 12.9. The Labute approximate surface area is 399 Å². The molecule has 1 heterocycles. The van der Waals surface area contributed by atoms with Gasteiger partial charge in [-0.3, -0.25) is 4.79 Å². The molecule has 1 aliphatic heterocycles. The maximum absolute atomic E-state index is 13.0. The zero-order chi connectivity index (χ0) is 47.3. The number of allylic oxidation sites excluding steroid dienone is 8. The Morgan fingerprint density at radius 1 is 0.538 bits per heavy atom. The molecule has 9 nitrogen and oxygen atoms in total. The monoisotopic (exact) mass is 918 g/mol.